The summed E-state index contributed by atoms with van der Waals surface area (Å²) < 4.78 is 0. The molecule has 0 aliphatic carbocycles. The first-order valence-electron chi connectivity index (χ1n) is 3.70. The molecule has 0 saturated heterocycles. The minimum atomic E-state index is -0.451. The van der Waals surface area contributed by atoms with Crippen LogP contribution in [0.5, 0.6) is 0 Å². The molecular weight excluding hydrogens is 211 g/mol. The number of carbonyl (C=O) groups excluding carboxylic acids is 1. The highest BCUT2D eigenvalue weighted by atomic mass is 35.5. The van der Waals surface area contributed by atoms with Gasteiger partial charge in [0.25, 0.3) is 0 Å². The summed E-state index contributed by atoms with van der Waals surface area (Å²) >= 11 is 5.36. The topological polar surface area (TPSA) is 33.2 Å². The number of carbonyl (C=O) groups is 1. The lowest BCUT2D eigenvalue weighted by Crippen LogP contribution is -2.23. The standard InChI is InChI=1S/C8H7ClN2O.ClH/c9-8(12)11-5-3-6-2-1-4-10-7(6)11;/h1-2,4H,3,5H2;1H. The lowest BCUT2D eigenvalue weighted by molar-refractivity contribution is 0.264. The first-order chi connectivity index (χ1) is 5.79. The van der Waals surface area contributed by atoms with Crippen molar-refractivity contribution in [2.75, 3.05) is 11.4 Å². The van der Waals surface area contributed by atoms with Crippen molar-refractivity contribution in [3.8, 4) is 0 Å². The lowest BCUT2D eigenvalue weighted by atomic mass is 10.2. The maximum absolute atomic E-state index is 10.9. The van der Waals surface area contributed by atoms with E-state index >= 15 is 0 Å². The second-order valence-corrected chi connectivity index (χ2v) is 2.96. The molecule has 1 aliphatic heterocycles. The Kier molecular flexibility index (Phi) is 3.12. The van der Waals surface area contributed by atoms with Gasteiger partial charge in [-0.3, -0.25) is 9.69 Å². The Hall–Kier alpha value is -0.800. The van der Waals surface area contributed by atoms with Crippen molar-refractivity contribution in [1.29, 1.82) is 0 Å². The molecule has 1 aromatic heterocycles. The van der Waals surface area contributed by atoms with Gasteiger partial charge in [0, 0.05) is 12.7 Å². The largest absolute Gasteiger partial charge is 0.322 e. The number of anilines is 1. The third kappa shape index (κ3) is 1.76. The fraction of sp³-hybridized carbons (Fsp3) is 0.250. The van der Waals surface area contributed by atoms with Crippen LogP contribution in [0.25, 0.3) is 0 Å². The van der Waals surface area contributed by atoms with E-state index in [1.54, 1.807) is 6.20 Å². The van der Waals surface area contributed by atoms with Gasteiger partial charge in [0.05, 0.1) is 0 Å². The Morgan fingerprint density at radius 2 is 2.38 bits per heavy atom. The van der Waals surface area contributed by atoms with Gasteiger partial charge < -0.3 is 0 Å². The highest BCUT2D eigenvalue weighted by Gasteiger charge is 2.23. The van der Waals surface area contributed by atoms with E-state index in [0.717, 1.165) is 12.0 Å². The predicted octanol–water partition coefficient (Wildman–Crippen LogP) is 2.22. The molecule has 2 rings (SSSR count). The Balaban J connectivity index is 0.000000845. The average Bonchev–Trinajstić information content (AvgIpc) is 2.47. The Bertz CT molecular complexity index is 330. The predicted molar refractivity (Wildman–Crippen MR) is 53.8 cm³/mol. The van der Waals surface area contributed by atoms with Crippen LogP contribution in [0.2, 0.25) is 0 Å². The average molecular weight is 219 g/mol. The number of fused-ring (bicyclic) bond motifs is 1. The van der Waals surface area contributed by atoms with Gasteiger partial charge in [0.15, 0.2) is 0 Å². The normalized spacial score (nSPS) is 13.5. The third-order valence-electron chi connectivity index (χ3n) is 1.94. The zero-order valence-electron chi connectivity index (χ0n) is 6.74. The summed E-state index contributed by atoms with van der Waals surface area (Å²) in [6, 6.07) is 3.82. The molecule has 2 heterocycles. The third-order valence-corrected chi connectivity index (χ3v) is 2.14. The molecule has 0 fully saturated rings. The van der Waals surface area contributed by atoms with Crippen molar-refractivity contribution in [1.82, 2.24) is 4.98 Å². The Morgan fingerprint density at radius 1 is 1.62 bits per heavy atom. The minimum absolute atomic E-state index is 0. The van der Waals surface area contributed by atoms with Gasteiger partial charge in [0.2, 0.25) is 0 Å². The molecule has 0 unspecified atom stereocenters. The van der Waals surface area contributed by atoms with Gasteiger partial charge in [-0.2, -0.15) is 0 Å². The summed E-state index contributed by atoms with van der Waals surface area (Å²) in [4.78, 5) is 16.4. The molecule has 1 aliphatic rings. The number of halogens is 2. The molecule has 5 heteroatoms. The smallest absolute Gasteiger partial charge is 0.283 e. The second-order valence-electron chi connectivity index (χ2n) is 2.64. The lowest BCUT2D eigenvalue weighted by Gasteiger charge is -2.10. The zero-order chi connectivity index (χ0) is 8.55. The number of hydrogen-bond donors (Lipinski definition) is 0. The molecule has 0 atom stereocenters. The number of pyridine rings is 1. The molecule has 13 heavy (non-hydrogen) atoms. The van der Waals surface area contributed by atoms with Gasteiger partial charge in [-0.05, 0) is 29.7 Å². The van der Waals surface area contributed by atoms with Crippen molar-refractivity contribution in [2.24, 2.45) is 0 Å². The fourth-order valence-corrected chi connectivity index (χ4v) is 1.54. The monoisotopic (exact) mass is 218 g/mol. The zero-order valence-corrected chi connectivity index (χ0v) is 8.31. The van der Waals surface area contributed by atoms with Gasteiger partial charge >= 0.3 is 5.37 Å². The Labute approximate surface area is 87.1 Å². The van der Waals surface area contributed by atoms with Crippen molar-refractivity contribution in [3.05, 3.63) is 23.9 Å². The second kappa shape index (κ2) is 3.94. The van der Waals surface area contributed by atoms with E-state index in [2.05, 4.69) is 4.98 Å². The van der Waals surface area contributed by atoms with Crippen LogP contribution in [0.15, 0.2) is 18.3 Å². The van der Waals surface area contributed by atoms with Crippen molar-refractivity contribution >= 4 is 35.2 Å². The fourth-order valence-electron chi connectivity index (χ4n) is 1.38. The molecule has 3 nitrogen and oxygen atoms in total. The van der Waals surface area contributed by atoms with E-state index < -0.39 is 5.37 Å². The molecule has 0 N–H and O–H groups in total. The van der Waals surface area contributed by atoms with Crippen LogP contribution in [-0.2, 0) is 6.42 Å². The van der Waals surface area contributed by atoms with Crippen molar-refractivity contribution in [3.63, 3.8) is 0 Å². The molecule has 1 amide bonds. The number of rotatable bonds is 0. The highest BCUT2D eigenvalue weighted by molar-refractivity contribution is 6.66. The summed E-state index contributed by atoms with van der Waals surface area (Å²) in [7, 11) is 0. The molecule has 0 bridgehead atoms. The maximum Gasteiger partial charge on any atom is 0.322 e. The van der Waals surface area contributed by atoms with Gasteiger partial charge in [-0.1, -0.05) is 6.07 Å². The summed E-state index contributed by atoms with van der Waals surface area (Å²) in [5.41, 5.74) is 1.09. The first-order valence-corrected chi connectivity index (χ1v) is 4.08. The van der Waals surface area contributed by atoms with E-state index in [9.17, 15) is 4.79 Å². The van der Waals surface area contributed by atoms with Crippen LogP contribution >= 0.6 is 24.0 Å². The van der Waals surface area contributed by atoms with E-state index in [-0.39, 0.29) is 12.4 Å². The van der Waals surface area contributed by atoms with Crippen LogP contribution in [0.4, 0.5) is 10.6 Å². The van der Waals surface area contributed by atoms with E-state index in [1.807, 2.05) is 12.1 Å². The number of nitrogens with zero attached hydrogens (tertiary/aromatic N) is 2. The van der Waals surface area contributed by atoms with Crippen LogP contribution < -0.4 is 4.90 Å². The van der Waals surface area contributed by atoms with Crippen molar-refractivity contribution in [2.45, 2.75) is 6.42 Å². The first kappa shape index (κ1) is 10.3. The Morgan fingerprint density at radius 3 is 3.08 bits per heavy atom. The van der Waals surface area contributed by atoms with E-state index in [0.29, 0.717) is 12.4 Å². The minimum Gasteiger partial charge on any atom is -0.283 e. The van der Waals surface area contributed by atoms with Gasteiger partial charge in [-0.15, -0.1) is 12.4 Å². The van der Waals surface area contributed by atoms with Crippen LogP contribution in [0, 0.1) is 0 Å². The summed E-state index contributed by atoms with van der Waals surface area (Å²) in [6.07, 6.45) is 2.51. The number of aromatic nitrogens is 1. The van der Waals surface area contributed by atoms with E-state index in [1.165, 1.54) is 4.90 Å². The molecule has 70 valence electrons. The maximum atomic E-state index is 10.9. The summed E-state index contributed by atoms with van der Waals surface area (Å²) in [6.45, 7) is 0.648. The van der Waals surface area contributed by atoms with Gasteiger partial charge in [-0.25, -0.2) is 4.98 Å². The number of hydrogen-bond acceptors (Lipinski definition) is 2. The molecule has 0 aromatic carbocycles. The van der Waals surface area contributed by atoms with Gasteiger partial charge in [0.1, 0.15) is 5.82 Å². The van der Waals surface area contributed by atoms with Crippen LogP contribution in [0.3, 0.4) is 0 Å². The highest BCUT2D eigenvalue weighted by Crippen LogP contribution is 2.25. The van der Waals surface area contributed by atoms with Crippen LogP contribution in [-0.4, -0.2) is 16.9 Å². The molecule has 0 spiro atoms. The number of amides is 1. The molecular formula is C8H8Cl2N2O. The molecule has 0 radical (unpaired) electrons. The molecule has 0 saturated carbocycles. The van der Waals surface area contributed by atoms with Crippen LogP contribution in [0.1, 0.15) is 5.56 Å². The SMILES string of the molecule is Cl.O=C(Cl)N1CCc2cccnc21. The molecule has 1 aromatic rings. The summed E-state index contributed by atoms with van der Waals surface area (Å²) in [5, 5.41) is -0.451. The van der Waals surface area contributed by atoms with E-state index in [4.69, 9.17) is 11.6 Å². The summed E-state index contributed by atoms with van der Waals surface area (Å²) in [5.74, 6) is 0.706. The quantitative estimate of drug-likeness (QED) is 0.495. The van der Waals surface area contributed by atoms with Crippen molar-refractivity contribution < 1.29 is 4.79 Å².